The maximum Gasteiger partial charge on any atom is 0.257 e. The Hall–Kier alpha value is -1.88. The standard InChI is InChI=1S/C20H23ClN2O2/c21-17-9-2-1-8-16(17)20(25)23-15-7-5-6-14(12-15)13-22-18-10-3-4-11-19(18)24/h1-2,5-9,12,18-19,22,24H,3-4,10-11,13H2,(H,23,25)/t18-,19+/m0/s1. The summed E-state index contributed by atoms with van der Waals surface area (Å²) < 4.78 is 0. The minimum atomic E-state index is -0.267. The lowest BCUT2D eigenvalue weighted by molar-refractivity contribution is 0.0902. The van der Waals surface area contributed by atoms with Gasteiger partial charge in [0.05, 0.1) is 16.7 Å². The number of amides is 1. The minimum Gasteiger partial charge on any atom is -0.392 e. The summed E-state index contributed by atoms with van der Waals surface area (Å²) in [5, 5.41) is 16.8. The molecule has 1 saturated carbocycles. The summed E-state index contributed by atoms with van der Waals surface area (Å²) in [4.78, 5) is 12.4. The molecule has 0 saturated heterocycles. The molecule has 3 N–H and O–H groups in total. The van der Waals surface area contributed by atoms with E-state index in [4.69, 9.17) is 11.6 Å². The smallest absolute Gasteiger partial charge is 0.257 e. The summed E-state index contributed by atoms with van der Waals surface area (Å²) in [7, 11) is 0. The molecule has 0 aromatic heterocycles. The molecule has 2 atom stereocenters. The zero-order valence-corrected chi connectivity index (χ0v) is 14.8. The van der Waals surface area contributed by atoms with Gasteiger partial charge in [-0.3, -0.25) is 4.79 Å². The molecular formula is C20H23ClN2O2. The van der Waals surface area contributed by atoms with Crippen molar-refractivity contribution in [2.24, 2.45) is 0 Å². The number of aliphatic hydroxyl groups excluding tert-OH is 1. The van der Waals surface area contributed by atoms with Crippen LogP contribution in [0.2, 0.25) is 5.02 Å². The highest BCUT2D eigenvalue weighted by atomic mass is 35.5. The second-order valence-electron chi connectivity index (χ2n) is 6.47. The minimum absolute atomic E-state index is 0.148. The Morgan fingerprint density at radius 3 is 2.72 bits per heavy atom. The van der Waals surface area contributed by atoms with E-state index >= 15 is 0 Å². The van der Waals surface area contributed by atoms with Gasteiger partial charge in [-0.25, -0.2) is 0 Å². The highest BCUT2D eigenvalue weighted by Crippen LogP contribution is 2.20. The van der Waals surface area contributed by atoms with E-state index in [1.54, 1.807) is 24.3 Å². The van der Waals surface area contributed by atoms with Crippen LogP contribution in [-0.2, 0) is 6.54 Å². The van der Waals surface area contributed by atoms with Gasteiger partial charge in [0, 0.05) is 18.3 Å². The SMILES string of the molecule is O=C(Nc1cccc(CN[C@H]2CCCC[C@H]2O)c1)c1ccccc1Cl. The summed E-state index contributed by atoms with van der Waals surface area (Å²) in [6.07, 6.45) is 3.86. The first-order valence-electron chi connectivity index (χ1n) is 8.70. The summed E-state index contributed by atoms with van der Waals surface area (Å²) >= 11 is 6.07. The second kappa shape index (κ2) is 8.48. The molecule has 2 aromatic carbocycles. The Morgan fingerprint density at radius 2 is 1.92 bits per heavy atom. The fraction of sp³-hybridized carbons (Fsp3) is 0.350. The molecule has 0 spiro atoms. The van der Waals surface area contributed by atoms with Crippen molar-refractivity contribution in [1.82, 2.24) is 5.32 Å². The number of carbonyl (C=O) groups is 1. The van der Waals surface area contributed by atoms with E-state index in [1.165, 1.54) is 0 Å². The van der Waals surface area contributed by atoms with Crippen LogP contribution in [0.25, 0.3) is 0 Å². The summed E-state index contributed by atoms with van der Waals surface area (Å²) in [6.45, 7) is 0.664. The molecule has 0 unspecified atom stereocenters. The average Bonchev–Trinajstić information content (AvgIpc) is 2.62. The third-order valence-corrected chi connectivity index (χ3v) is 4.93. The van der Waals surface area contributed by atoms with Gasteiger partial charge in [0.15, 0.2) is 0 Å². The zero-order valence-electron chi connectivity index (χ0n) is 14.0. The third-order valence-electron chi connectivity index (χ3n) is 4.60. The predicted molar refractivity (Wildman–Crippen MR) is 101 cm³/mol. The van der Waals surface area contributed by atoms with Gasteiger partial charge in [-0.2, -0.15) is 0 Å². The number of halogens is 1. The highest BCUT2D eigenvalue weighted by Gasteiger charge is 2.22. The Morgan fingerprint density at radius 1 is 1.12 bits per heavy atom. The molecule has 5 heteroatoms. The van der Waals surface area contributed by atoms with Crippen LogP contribution < -0.4 is 10.6 Å². The van der Waals surface area contributed by atoms with Gasteiger partial charge in [0.1, 0.15) is 0 Å². The quantitative estimate of drug-likeness (QED) is 0.757. The van der Waals surface area contributed by atoms with Crippen LogP contribution >= 0.6 is 11.6 Å². The Labute approximate surface area is 153 Å². The number of anilines is 1. The van der Waals surface area contributed by atoms with Crippen molar-refractivity contribution in [1.29, 1.82) is 0 Å². The number of rotatable bonds is 5. The Kier molecular flexibility index (Phi) is 6.08. The maximum atomic E-state index is 12.4. The Balaban J connectivity index is 1.61. The first kappa shape index (κ1) is 17.9. The number of benzene rings is 2. The molecule has 3 rings (SSSR count). The number of nitrogens with one attached hydrogen (secondary N) is 2. The summed E-state index contributed by atoms with van der Waals surface area (Å²) in [5.41, 5.74) is 2.25. The van der Waals surface area contributed by atoms with Crippen LogP contribution in [-0.4, -0.2) is 23.2 Å². The molecule has 0 heterocycles. The van der Waals surface area contributed by atoms with Crippen molar-refractivity contribution < 1.29 is 9.90 Å². The monoisotopic (exact) mass is 358 g/mol. The maximum absolute atomic E-state index is 12.4. The van der Waals surface area contributed by atoms with Crippen LogP contribution in [0.3, 0.4) is 0 Å². The predicted octanol–water partition coefficient (Wildman–Crippen LogP) is 3.99. The van der Waals surface area contributed by atoms with Gasteiger partial charge in [-0.05, 0) is 42.7 Å². The van der Waals surface area contributed by atoms with Gasteiger partial charge in [0.2, 0.25) is 0 Å². The van der Waals surface area contributed by atoms with Gasteiger partial charge >= 0.3 is 0 Å². The molecule has 25 heavy (non-hydrogen) atoms. The van der Waals surface area contributed by atoms with Crippen molar-refractivity contribution in [3.05, 3.63) is 64.7 Å². The normalized spacial score (nSPS) is 20.2. The van der Waals surface area contributed by atoms with Crippen LogP contribution in [0, 0.1) is 0 Å². The highest BCUT2D eigenvalue weighted by molar-refractivity contribution is 6.34. The van der Waals surface area contributed by atoms with Crippen LogP contribution in [0.15, 0.2) is 48.5 Å². The molecule has 1 aliphatic carbocycles. The van der Waals surface area contributed by atoms with E-state index in [0.717, 1.165) is 36.9 Å². The summed E-state index contributed by atoms with van der Waals surface area (Å²) in [6, 6.07) is 14.9. The van der Waals surface area contributed by atoms with E-state index in [0.29, 0.717) is 17.1 Å². The lowest BCUT2D eigenvalue weighted by Crippen LogP contribution is -2.41. The lowest BCUT2D eigenvalue weighted by Gasteiger charge is -2.28. The zero-order chi connectivity index (χ0) is 17.6. The molecule has 0 aliphatic heterocycles. The van der Waals surface area contributed by atoms with Crippen molar-refractivity contribution >= 4 is 23.2 Å². The van der Waals surface area contributed by atoms with E-state index in [1.807, 2.05) is 24.3 Å². The molecule has 1 aliphatic rings. The lowest BCUT2D eigenvalue weighted by atomic mass is 9.92. The van der Waals surface area contributed by atoms with Gasteiger partial charge < -0.3 is 15.7 Å². The Bertz CT molecular complexity index is 735. The topological polar surface area (TPSA) is 61.4 Å². The van der Waals surface area contributed by atoms with Crippen molar-refractivity contribution in [3.63, 3.8) is 0 Å². The van der Waals surface area contributed by atoms with Crippen molar-refractivity contribution in [3.8, 4) is 0 Å². The van der Waals surface area contributed by atoms with Crippen molar-refractivity contribution in [2.45, 2.75) is 44.4 Å². The van der Waals surface area contributed by atoms with Gasteiger partial charge in [0.25, 0.3) is 5.91 Å². The van der Waals surface area contributed by atoms with Crippen LogP contribution in [0.5, 0.6) is 0 Å². The largest absolute Gasteiger partial charge is 0.392 e. The molecule has 0 bridgehead atoms. The first-order valence-corrected chi connectivity index (χ1v) is 9.07. The first-order chi connectivity index (χ1) is 12.1. The fourth-order valence-electron chi connectivity index (χ4n) is 3.20. The van der Waals surface area contributed by atoms with Gasteiger partial charge in [-0.15, -0.1) is 0 Å². The van der Waals surface area contributed by atoms with Crippen LogP contribution in [0.1, 0.15) is 41.6 Å². The summed E-state index contributed by atoms with van der Waals surface area (Å²) in [5.74, 6) is -0.224. The van der Waals surface area contributed by atoms with Gasteiger partial charge in [-0.1, -0.05) is 48.7 Å². The molecule has 0 radical (unpaired) electrons. The molecule has 1 fully saturated rings. The van der Waals surface area contributed by atoms with Crippen LogP contribution in [0.4, 0.5) is 5.69 Å². The molecular weight excluding hydrogens is 336 g/mol. The fourth-order valence-corrected chi connectivity index (χ4v) is 3.42. The number of hydrogen-bond donors (Lipinski definition) is 3. The average molecular weight is 359 g/mol. The van der Waals surface area contributed by atoms with E-state index in [9.17, 15) is 9.90 Å². The molecule has 1 amide bonds. The molecule has 4 nitrogen and oxygen atoms in total. The number of carbonyl (C=O) groups excluding carboxylic acids is 1. The second-order valence-corrected chi connectivity index (χ2v) is 6.88. The van der Waals surface area contributed by atoms with E-state index < -0.39 is 0 Å². The number of aliphatic hydroxyl groups is 1. The van der Waals surface area contributed by atoms with E-state index in [2.05, 4.69) is 10.6 Å². The number of hydrogen-bond acceptors (Lipinski definition) is 3. The van der Waals surface area contributed by atoms with E-state index in [-0.39, 0.29) is 18.1 Å². The van der Waals surface area contributed by atoms with Crippen molar-refractivity contribution in [2.75, 3.05) is 5.32 Å². The molecule has 132 valence electrons. The third kappa shape index (κ3) is 4.82. The molecule has 2 aromatic rings.